The number of carbonyl (C=O) groups excluding carboxylic acids is 1. The zero-order valence-corrected chi connectivity index (χ0v) is 12.5. The molecule has 20 heavy (non-hydrogen) atoms. The van der Waals surface area contributed by atoms with Gasteiger partial charge in [-0.25, -0.2) is 4.79 Å². The summed E-state index contributed by atoms with van der Waals surface area (Å²) in [5.74, 6) is -0.424. The zero-order chi connectivity index (χ0) is 14.9. The van der Waals surface area contributed by atoms with Gasteiger partial charge >= 0.3 is 5.97 Å². The molecule has 1 aliphatic heterocycles. The number of ether oxygens (including phenoxy) is 1. The summed E-state index contributed by atoms with van der Waals surface area (Å²) in [5, 5.41) is 2.94. The smallest absolute Gasteiger partial charge is 0.346 e. The van der Waals surface area contributed by atoms with E-state index >= 15 is 0 Å². The fourth-order valence-corrected chi connectivity index (χ4v) is 3.12. The second kappa shape index (κ2) is 5.47. The predicted octanol–water partition coefficient (Wildman–Crippen LogP) is 2.25. The zero-order valence-electron chi connectivity index (χ0n) is 10.8. The van der Waals surface area contributed by atoms with Crippen LogP contribution >= 0.6 is 11.8 Å². The van der Waals surface area contributed by atoms with E-state index in [-0.39, 0.29) is 11.5 Å². The van der Waals surface area contributed by atoms with Crippen LogP contribution in [0.4, 0.5) is 5.69 Å². The number of carbonyl (C=O) groups is 1. The first-order valence-electron chi connectivity index (χ1n) is 5.77. The van der Waals surface area contributed by atoms with Crippen molar-refractivity contribution in [2.75, 3.05) is 11.9 Å². The highest BCUT2D eigenvalue weighted by Crippen LogP contribution is 2.40. The number of fused-ring (bicyclic) bond motifs is 1. The van der Waals surface area contributed by atoms with Gasteiger partial charge in [0.1, 0.15) is 4.91 Å². The maximum absolute atomic E-state index is 11.8. The van der Waals surface area contributed by atoms with Crippen LogP contribution in [-0.2, 0) is 19.6 Å². The Morgan fingerprint density at radius 3 is 2.75 bits per heavy atom. The van der Waals surface area contributed by atoms with Crippen molar-refractivity contribution in [2.45, 2.75) is 23.6 Å². The van der Waals surface area contributed by atoms with E-state index < -0.39 is 16.1 Å². The van der Waals surface area contributed by atoms with Crippen molar-refractivity contribution in [3.05, 3.63) is 28.8 Å². The number of hydrogen-bond acceptors (Lipinski definition) is 6. The number of benzene rings is 1. The molecule has 0 amide bonds. The minimum absolute atomic E-state index is 0.197. The van der Waals surface area contributed by atoms with E-state index in [0.29, 0.717) is 21.2 Å². The lowest BCUT2D eigenvalue weighted by atomic mass is 10.3. The molecule has 0 saturated heterocycles. The van der Waals surface area contributed by atoms with Gasteiger partial charge in [-0.05, 0) is 32.0 Å². The molecule has 0 spiro atoms. The van der Waals surface area contributed by atoms with Crippen LogP contribution in [0.5, 0.6) is 0 Å². The van der Waals surface area contributed by atoms with E-state index in [9.17, 15) is 13.2 Å². The van der Waals surface area contributed by atoms with Crippen LogP contribution in [0, 0.1) is 0 Å². The molecule has 0 fully saturated rings. The van der Waals surface area contributed by atoms with Crippen molar-refractivity contribution in [3.8, 4) is 0 Å². The van der Waals surface area contributed by atoms with Crippen molar-refractivity contribution in [1.82, 2.24) is 0 Å². The van der Waals surface area contributed by atoms with Crippen LogP contribution in [0.1, 0.15) is 13.8 Å². The monoisotopic (exact) mass is 315 g/mol. The molecule has 0 bridgehead atoms. The molecule has 1 aromatic rings. The van der Waals surface area contributed by atoms with Crippen molar-refractivity contribution in [2.24, 2.45) is 0 Å². The lowest BCUT2D eigenvalue weighted by molar-refractivity contribution is -0.137. The predicted molar refractivity (Wildman–Crippen MR) is 75.1 cm³/mol. The second-order valence-corrected chi connectivity index (χ2v) is 6.51. The summed E-state index contributed by atoms with van der Waals surface area (Å²) in [6.07, 6.45) is 0. The molecule has 0 unspecified atom stereocenters. The van der Waals surface area contributed by atoms with Gasteiger partial charge in [-0.1, -0.05) is 11.8 Å². The third-order valence-electron chi connectivity index (χ3n) is 2.58. The van der Waals surface area contributed by atoms with E-state index in [0.717, 1.165) is 0 Å². The normalized spacial score (nSPS) is 14.6. The number of esters is 1. The number of rotatable bonds is 3. The quantitative estimate of drug-likeness (QED) is 0.652. The van der Waals surface area contributed by atoms with E-state index in [1.165, 1.54) is 30.0 Å². The highest BCUT2D eigenvalue weighted by atomic mass is 32.2. The lowest BCUT2D eigenvalue weighted by Crippen LogP contribution is -2.14. The standard InChI is InChI=1S/C12H13NO5S2/c1-3-18-12(14)11-7(2)13-9-6-8(20(15,16)17)4-5-10(9)19-11/h4-6,13H,3H2,1-2H3,(H,15,16,17). The molecule has 0 radical (unpaired) electrons. The first-order valence-corrected chi connectivity index (χ1v) is 8.03. The van der Waals surface area contributed by atoms with E-state index in [1.807, 2.05) is 0 Å². The summed E-state index contributed by atoms with van der Waals surface area (Å²) in [7, 11) is -4.25. The topological polar surface area (TPSA) is 92.7 Å². The maximum Gasteiger partial charge on any atom is 0.346 e. The first kappa shape index (κ1) is 14.9. The Morgan fingerprint density at radius 1 is 1.45 bits per heavy atom. The molecular weight excluding hydrogens is 302 g/mol. The van der Waals surface area contributed by atoms with Crippen molar-refractivity contribution in [3.63, 3.8) is 0 Å². The van der Waals surface area contributed by atoms with Crippen LogP contribution < -0.4 is 5.32 Å². The maximum atomic E-state index is 11.8. The van der Waals surface area contributed by atoms with Crippen molar-refractivity contribution in [1.29, 1.82) is 0 Å². The Labute approximate surface area is 121 Å². The van der Waals surface area contributed by atoms with Gasteiger partial charge in [-0.2, -0.15) is 8.42 Å². The molecule has 0 aliphatic carbocycles. The van der Waals surface area contributed by atoms with E-state index in [4.69, 9.17) is 9.29 Å². The summed E-state index contributed by atoms with van der Waals surface area (Å²) >= 11 is 1.20. The average Bonchev–Trinajstić information content (AvgIpc) is 2.36. The fourth-order valence-electron chi connectivity index (χ4n) is 1.69. The van der Waals surface area contributed by atoms with E-state index in [2.05, 4.69) is 5.32 Å². The largest absolute Gasteiger partial charge is 0.462 e. The van der Waals surface area contributed by atoms with Crippen LogP contribution in [0.3, 0.4) is 0 Å². The summed E-state index contributed by atoms with van der Waals surface area (Å²) < 4.78 is 36.2. The highest BCUT2D eigenvalue weighted by molar-refractivity contribution is 8.04. The molecule has 1 aliphatic rings. The summed E-state index contributed by atoms with van der Waals surface area (Å²) in [4.78, 5) is 12.7. The van der Waals surface area contributed by atoms with Gasteiger partial charge in [0.25, 0.3) is 10.1 Å². The Morgan fingerprint density at radius 2 is 2.15 bits per heavy atom. The SMILES string of the molecule is CCOC(=O)C1=C(C)Nc2cc(S(=O)(=O)O)ccc2S1. The van der Waals surface area contributed by atoms with Gasteiger partial charge in [-0.15, -0.1) is 0 Å². The fraction of sp³-hybridized carbons (Fsp3) is 0.250. The number of anilines is 1. The third-order valence-corrected chi connectivity index (χ3v) is 4.69. The number of thioether (sulfide) groups is 1. The summed E-state index contributed by atoms with van der Waals surface area (Å²) in [6, 6.07) is 4.14. The van der Waals surface area contributed by atoms with Gasteiger partial charge < -0.3 is 10.1 Å². The number of allylic oxidation sites excluding steroid dienone is 1. The van der Waals surface area contributed by atoms with Gasteiger partial charge in [0, 0.05) is 10.6 Å². The van der Waals surface area contributed by atoms with Crippen LogP contribution in [-0.4, -0.2) is 25.5 Å². The molecule has 1 heterocycles. The Hall–Kier alpha value is -1.51. The van der Waals surface area contributed by atoms with Gasteiger partial charge in [0.05, 0.1) is 17.2 Å². The summed E-state index contributed by atoms with van der Waals surface area (Å²) in [5.41, 5.74) is 1.10. The molecule has 0 saturated carbocycles. The minimum atomic E-state index is -4.25. The third kappa shape index (κ3) is 2.97. The second-order valence-electron chi connectivity index (χ2n) is 4.03. The van der Waals surface area contributed by atoms with Gasteiger partial charge in [0.2, 0.25) is 0 Å². The molecule has 2 rings (SSSR count). The molecule has 0 atom stereocenters. The van der Waals surface area contributed by atoms with Crippen LogP contribution in [0.15, 0.2) is 38.6 Å². The Kier molecular flexibility index (Phi) is 4.07. The molecule has 8 heteroatoms. The molecular formula is C12H13NO5S2. The molecule has 0 aromatic heterocycles. The summed E-state index contributed by atoms with van der Waals surface area (Å²) in [6.45, 7) is 3.70. The first-order chi connectivity index (χ1) is 9.32. The Bertz CT molecular complexity index is 694. The highest BCUT2D eigenvalue weighted by Gasteiger charge is 2.24. The van der Waals surface area contributed by atoms with Crippen LogP contribution in [0.25, 0.3) is 0 Å². The van der Waals surface area contributed by atoms with Crippen molar-refractivity contribution >= 4 is 33.5 Å². The number of nitrogens with one attached hydrogen (secondary N) is 1. The van der Waals surface area contributed by atoms with Crippen molar-refractivity contribution < 1.29 is 22.5 Å². The molecule has 2 N–H and O–H groups in total. The van der Waals surface area contributed by atoms with E-state index in [1.54, 1.807) is 13.8 Å². The average molecular weight is 315 g/mol. The molecule has 1 aromatic carbocycles. The molecule has 108 valence electrons. The molecule has 6 nitrogen and oxygen atoms in total. The van der Waals surface area contributed by atoms with Crippen LogP contribution in [0.2, 0.25) is 0 Å². The van der Waals surface area contributed by atoms with Gasteiger partial charge in [0.15, 0.2) is 0 Å². The minimum Gasteiger partial charge on any atom is -0.462 e. The lowest BCUT2D eigenvalue weighted by Gasteiger charge is -2.21. The van der Waals surface area contributed by atoms with Gasteiger partial charge in [-0.3, -0.25) is 4.55 Å². The Balaban J connectivity index is 2.36. The number of hydrogen-bond donors (Lipinski definition) is 2.